The smallest absolute Gasteiger partial charge is 0.237 e. The fraction of sp³-hybridized carbons (Fsp3) is 0.857. The van der Waals surface area contributed by atoms with E-state index in [0.717, 1.165) is 25.7 Å². The molecule has 1 rings (SSSR count). The van der Waals surface area contributed by atoms with Gasteiger partial charge in [0.2, 0.25) is 5.91 Å². The van der Waals surface area contributed by atoms with E-state index in [1.54, 1.807) is 0 Å². The van der Waals surface area contributed by atoms with Crippen molar-refractivity contribution in [1.82, 2.24) is 0 Å². The van der Waals surface area contributed by atoms with Crippen LogP contribution in [0.1, 0.15) is 32.1 Å². The molecule has 1 aliphatic carbocycles. The topological polar surface area (TPSA) is 69.1 Å². The van der Waals surface area contributed by atoms with Crippen molar-refractivity contribution in [3.63, 3.8) is 0 Å². The van der Waals surface area contributed by atoms with Gasteiger partial charge in [0.1, 0.15) is 0 Å². The van der Waals surface area contributed by atoms with Crippen LogP contribution in [0.4, 0.5) is 0 Å². The Kier molecular flexibility index (Phi) is 1.94. The third-order valence-corrected chi connectivity index (χ3v) is 2.24. The Balaban J connectivity index is 2.56. The number of rotatable bonds is 1. The fourth-order valence-corrected chi connectivity index (χ4v) is 1.43. The Morgan fingerprint density at radius 3 is 2.00 bits per heavy atom. The molecule has 0 aromatic rings. The molecule has 0 aromatic carbocycles. The highest BCUT2D eigenvalue weighted by atomic mass is 16.1. The molecule has 0 bridgehead atoms. The van der Waals surface area contributed by atoms with E-state index in [9.17, 15) is 4.79 Å². The van der Waals surface area contributed by atoms with E-state index < -0.39 is 5.54 Å². The third-order valence-electron chi connectivity index (χ3n) is 2.24. The minimum Gasteiger partial charge on any atom is -0.368 e. The fourth-order valence-electron chi connectivity index (χ4n) is 1.43. The van der Waals surface area contributed by atoms with E-state index in [-0.39, 0.29) is 5.91 Å². The zero-order valence-electron chi connectivity index (χ0n) is 6.10. The molecule has 4 N–H and O–H groups in total. The maximum absolute atomic E-state index is 10.8. The SMILES string of the molecule is NC(=O)C1(N)CCCCC1. The summed E-state index contributed by atoms with van der Waals surface area (Å²) in [5.41, 5.74) is 10.2. The largest absolute Gasteiger partial charge is 0.368 e. The van der Waals surface area contributed by atoms with Crippen LogP contribution in [0, 0.1) is 0 Å². The molecule has 10 heavy (non-hydrogen) atoms. The normalized spacial score (nSPS) is 24.1. The molecule has 0 unspecified atom stereocenters. The van der Waals surface area contributed by atoms with E-state index in [0.29, 0.717) is 0 Å². The van der Waals surface area contributed by atoms with Gasteiger partial charge in [-0.25, -0.2) is 0 Å². The van der Waals surface area contributed by atoms with Crippen molar-refractivity contribution in [3.05, 3.63) is 0 Å². The van der Waals surface area contributed by atoms with Crippen molar-refractivity contribution in [3.8, 4) is 0 Å². The molecule has 58 valence electrons. The second kappa shape index (κ2) is 2.58. The molecular formula is C7H14N2O. The lowest BCUT2D eigenvalue weighted by atomic mass is 9.82. The van der Waals surface area contributed by atoms with Gasteiger partial charge in [0.15, 0.2) is 0 Å². The summed E-state index contributed by atoms with van der Waals surface area (Å²) in [7, 11) is 0. The maximum atomic E-state index is 10.8. The monoisotopic (exact) mass is 142 g/mol. The van der Waals surface area contributed by atoms with Gasteiger partial charge in [-0.3, -0.25) is 4.79 Å². The molecule has 3 nitrogen and oxygen atoms in total. The molecule has 0 atom stereocenters. The van der Waals surface area contributed by atoms with Crippen LogP contribution >= 0.6 is 0 Å². The molecule has 0 aliphatic heterocycles. The van der Waals surface area contributed by atoms with E-state index in [1.165, 1.54) is 6.42 Å². The van der Waals surface area contributed by atoms with Crippen molar-refractivity contribution >= 4 is 5.91 Å². The first kappa shape index (κ1) is 7.54. The van der Waals surface area contributed by atoms with Crippen LogP contribution in [0.5, 0.6) is 0 Å². The second-order valence-corrected chi connectivity index (χ2v) is 3.08. The summed E-state index contributed by atoms with van der Waals surface area (Å²) >= 11 is 0. The highest BCUT2D eigenvalue weighted by Gasteiger charge is 2.32. The summed E-state index contributed by atoms with van der Waals surface area (Å²) in [5, 5.41) is 0. The molecule has 0 radical (unpaired) electrons. The van der Waals surface area contributed by atoms with E-state index >= 15 is 0 Å². The van der Waals surface area contributed by atoms with Crippen LogP contribution in [0.25, 0.3) is 0 Å². The van der Waals surface area contributed by atoms with Gasteiger partial charge < -0.3 is 11.5 Å². The maximum Gasteiger partial charge on any atom is 0.237 e. The predicted molar refractivity (Wildman–Crippen MR) is 39.2 cm³/mol. The van der Waals surface area contributed by atoms with Gasteiger partial charge in [-0.1, -0.05) is 19.3 Å². The highest BCUT2D eigenvalue weighted by Crippen LogP contribution is 2.25. The quantitative estimate of drug-likeness (QED) is 0.546. The Morgan fingerprint density at radius 1 is 1.20 bits per heavy atom. The molecule has 0 aromatic heterocycles. The molecule has 0 heterocycles. The number of hydrogen-bond acceptors (Lipinski definition) is 2. The van der Waals surface area contributed by atoms with E-state index in [1.807, 2.05) is 0 Å². The van der Waals surface area contributed by atoms with Gasteiger partial charge in [-0.2, -0.15) is 0 Å². The van der Waals surface area contributed by atoms with Gasteiger partial charge in [0.05, 0.1) is 5.54 Å². The molecular weight excluding hydrogens is 128 g/mol. The van der Waals surface area contributed by atoms with Gasteiger partial charge in [0, 0.05) is 0 Å². The van der Waals surface area contributed by atoms with Crippen molar-refractivity contribution in [2.45, 2.75) is 37.6 Å². The number of amides is 1. The highest BCUT2D eigenvalue weighted by molar-refractivity contribution is 5.84. The Bertz CT molecular complexity index is 139. The Labute approximate surface area is 60.8 Å². The average molecular weight is 142 g/mol. The molecule has 0 spiro atoms. The Hall–Kier alpha value is -0.570. The first-order valence-electron chi connectivity index (χ1n) is 3.74. The van der Waals surface area contributed by atoms with Crippen LogP contribution < -0.4 is 11.5 Å². The van der Waals surface area contributed by atoms with Gasteiger partial charge >= 0.3 is 0 Å². The molecule has 1 saturated carbocycles. The Morgan fingerprint density at radius 2 is 1.70 bits per heavy atom. The zero-order chi connectivity index (χ0) is 7.61. The lowest BCUT2D eigenvalue weighted by molar-refractivity contribution is -0.124. The molecule has 1 aliphatic rings. The van der Waals surface area contributed by atoms with Crippen molar-refractivity contribution < 1.29 is 4.79 Å². The standard InChI is InChI=1S/C7H14N2O/c8-6(10)7(9)4-2-1-3-5-7/h1-5,9H2,(H2,8,10). The van der Waals surface area contributed by atoms with Crippen LogP contribution in [0.2, 0.25) is 0 Å². The third kappa shape index (κ3) is 1.29. The molecule has 1 amide bonds. The van der Waals surface area contributed by atoms with Crippen LogP contribution in [0.15, 0.2) is 0 Å². The minimum absolute atomic E-state index is 0.341. The predicted octanol–water partition coefficient (Wildman–Crippen LogP) is 0.133. The molecule has 1 fully saturated rings. The van der Waals surface area contributed by atoms with Crippen LogP contribution in [-0.2, 0) is 4.79 Å². The summed E-state index contributed by atoms with van der Waals surface area (Å²) in [6.45, 7) is 0. The summed E-state index contributed by atoms with van der Waals surface area (Å²) in [6, 6.07) is 0. The first-order valence-corrected chi connectivity index (χ1v) is 3.74. The molecule has 3 heteroatoms. The van der Waals surface area contributed by atoms with E-state index in [2.05, 4.69) is 0 Å². The number of nitrogens with two attached hydrogens (primary N) is 2. The summed E-state index contributed by atoms with van der Waals surface area (Å²) < 4.78 is 0. The van der Waals surface area contributed by atoms with Crippen molar-refractivity contribution in [2.75, 3.05) is 0 Å². The molecule has 0 saturated heterocycles. The summed E-state index contributed by atoms with van der Waals surface area (Å²) in [5.74, 6) is -0.341. The summed E-state index contributed by atoms with van der Waals surface area (Å²) in [4.78, 5) is 10.8. The lowest BCUT2D eigenvalue weighted by Gasteiger charge is -2.29. The van der Waals surface area contributed by atoms with Gasteiger partial charge in [-0.05, 0) is 12.8 Å². The zero-order valence-corrected chi connectivity index (χ0v) is 6.10. The number of carbonyl (C=O) groups is 1. The summed E-state index contributed by atoms with van der Waals surface area (Å²) in [6.07, 6.45) is 4.80. The van der Waals surface area contributed by atoms with Crippen molar-refractivity contribution in [1.29, 1.82) is 0 Å². The van der Waals surface area contributed by atoms with Gasteiger partial charge in [0.25, 0.3) is 0 Å². The number of carbonyl (C=O) groups excluding carboxylic acids is 1. The van der Waals surface area contributed by atoms with Crippen LogP contribution in [-0.4, -0.2) is 11.4 Å². The van der Waals surface area contributed by atoms with Crippen molar-refractivity contribution in [2.24, 2.45) is 11.5 Å². The average Bonchev–Trinajstić information content (AvgIpc) is 1.89. The van der Waals surface area contributed by atoms with Gasteiger partial charge in [-0.15, -0.1) is 0 Å². The minimum atomic E-state index is -0.682. The lowest BCUT2D eigenvalue weighted by Crippen LogP contribution is -2.53. The number of hydrogen-bond donors (Lipinski definition) is 2. The van der Waals surface area contributed by atoms with E-state index in [4.69, 9.17) is 11.5 Å². The first-order chi connectivity index (χ1) is 4.65. The van der Waals surface area contributed by atoms with Crippen LogP contribution in [0.3, 0.4) is 0 Å². The second-order valence-electron chi connectivity index (χ2n) is 3.08. The number of primary amides is 1.